The molecule has 0 bridgehead atoms. The molecule has 3 N–H and O–H groups in total. The number of hydrogen-bond donors (Lipinski definition) is 1. The lowest BCUT2D eigenvalue weighted by Crippen LogP contribution is -2.48. The van der Waals surface area contributed by atoms with Crippen LogP contribution in [0.15, 0.2) is 84.9 Å². The van der Waals surface area contributed by atoms with Crippen molar-refractivity contribution in [3.63, 3.8) is 0 Å². The molecule has 0 aliphatic carbocycles. The molecule has 172 valence electrons. The predicted molar refractivity (Wildman–Crippen MR) is 131 cm³/mol. The van der Waals surface area contributed by atoms with Gasteiger partial charge < -0.3 is 15.3 Å². The molecule has 2 atom stereocenters. The number of aliphatic hydroxyl groups excluding tert-OH is 1. The van der Waals surface area contributed by atoms with Gasteiger partial charge in [-0.3, -0.25) is 9.80 Å². The fourth-order valence-corrected chi connectivity index (χ4v) is 4.35. The first-order chi connectivity index (χ1) is 14.8. The topological polar surface area (TPSA) is 67.4 Å². The third-order valence-corrected chi connectivity index (χ3v) is 5.97. The molecule has 32 heavy (non-hydrogen) atoms. The van der Waals surface area contributed by atoms with Gasteiger partial charge >= 0.3 is 0 Å². The minimum atomic E-state index is -0.561. The van der Waals surface area contributed by atoms with Crippen molar-refractivity contribution in [2.75, 3.05) is 33.3 Å². The summed E-state index contributed by atoms with van der Waals surface area (Å²) in [5.41, 5.74) is 3.34. The Kier molecular flexibility index (Phi) is 10.2. The van der Waals surface area contributed by atoms with Crippen molar-refractivity contribution < 1.29 is 15.3 Å². The molecule has 1 aliphatic rings. The summed E-state index contributed by atoms with van der Waals surface area (Å²) in [6, 6.07) is 28.6. The van der Waals surface area contributed by atoms with E-state index >= 15 is 0 Å². The maximum atomic E-state index is 11.3. The molecule has 1 heterocycles. The summed E-state index contributed by atoms with van der Waals surface area (Å²) in [5, 5.41) is 11.3. The highest BCUT2D eigenvalue weighted by atomic mass is 35.5. The summed E-state index contributed by atoms with van der Waals surface area (Å²) in [7, 11) is 1.73. The first-order valence-electron chi connectivity index (χ1n) is 10.6. The number of rotatable bonds is 7. The smallest absolute Gasteiger partial charge is 0.123 e. The number of methoxy groups -OCH3 is 1. The van der Waals surface area contributed by atoms with Crippen LogP contribution in [0.5, 0.6) is 5.75 Å². The number of aliphatic hydroxyl groups is 1. The van der Waals surface area contributed by atoms with Crippen LogP contribution in [-0.2, 0) is 6.54 Å². The molecule has 5 nitrogen and oxygen atoms in total. The van der Waals surface area contributed by atoms with Gasteiger partial charge in [-0.1, -0.05) is 78.9 Å². The Labute approximate surface area is 197 Å². The molecule has 3 aromatic carbocycles. The van der Waals surface area contributed by atoms with Crippen molar-refractivity contribution in [3.05, 3.63) is 102 Å². The number of ether oxygens (including phenoxy) is 1. The molecule has 0 aromatic heterocycles. The van der Waals surface area contributed by atoms with Gasteiger partial charge in [-0.15, -0.1) is 12.4 Å². The maximum Gasteiger partial charge on any atom is 0.123 e. The summed E-state index contributed by atoms with van der Waals surface area (Å²) in [6.07, 6.45) is -0.561. The summed E-state index contributed by atoms with van der Waals surface area (Å²) in [5.74, 6) is 0.946. The van der Waals surface area contributed by atoms with Crippen molar-refractivity contribution in [2.24, 2.45) is 0 Å². The van der Waals surface area contributed by atoms with Gasteiger partial charge in [0.25, 0.3) is 0 Å². The van der Waals surface area contributed by atoms with Crippen LogP contribution in [0.25, 0.3) is 0 Å². The summed E-state index contributed by atoms with van der Waals surface area (Å²) < 4.78 is 5.51. The van der Waals surface area contributed by atoms with E-state index in [2.05, 4.69) is 46.2 Å². The van der Waals surface area contributed by atoms with E-state index in [1.165, 1.54) is 5.56 Å². The third-order valence-electron chi connectivity index (χ3n) is 5.97. The van der Waals surface area contributed by atoms with Gasteiger partial charge in [0.05, 0.1) is 19.3 Å². The number of benzene rings is 3. The number of hydrogen-bond acceptors (Lipinski definition) is 4. The van der Waals surface area contributed by atoms with Crippen LogP contribution in [0.1, 0.15) is 28.8 Å². The van der Waals surface area contributed by atoms with E-state index in [-0.39, 0.29) is 23.9 Å². The molecule has 1 saturated heterocycles. The molecular formula is C26H33ClN2O3. The van der Waals surface area contributed by atoms with Gasteiger partial charge in [-0.2, -0.15) is 0 Å². The van der Waals surface area contributed by atoms with Gasteiger partial charge in [-0.05, 0) is 17.2 Å². The van der Waals surface area contributed by atoms with Gasteiger partial charge in [0.15, 0.2) is 0 Å². The average molecular weight is 457 g/mol. The lowest BCUT2D eigenvalue weighted by molar-refractivity contribution is 0.0147. The highest BCUT2D eigenvalue weighted by Crippen LogP contribution is 2.35. The normalized spacial score (nSPS) is 16.3. The summed E-state index contributed by atoms with van der Waals surface area (Å²) >= 11 is 0. The van der Waals surface area contributed by atoms with Crippen molar-refractivity contribution in [1.29, 1.82) is 0 Å². The zero-order valence-corrected chi connectivity index (χ0v) is 19.2. The van der Waals surface area contributed by atoms with Gasteiger partial charge in [0.2, 0.25) is 0 Å². The second kappa shape index (κ2) is 12.6. The third kappa shape index (κ3) is 6.09. The first kappa shape index (κ1) is 25.8. The van der Waals surface area contributed by atoms with E-state index in [9.17, 15) is 5.11 Å². The van der Waals surface area contributed by atoms with Gasteiger partial charge in [0, 0.05) is 38.3 Å². The molecule has 4 rings (SSSR count). The van der Waals surface area contributed by atoms with Crippen LogP contribution in [0.4, 0.5) is 0 Å². The van der Waals surface area contributed by atoms with Crippen LogP contribution in [0.3, 0.4) is 0 Å². The number of nitrogens with zero attached hydrogens (tertiary/aromatic N) is 2. The molecule has 1 fully saturated rings. The molecule has 0 radical (unpaired) electrons. The Morgan fingerprint density at radius 3 is 1.91 bits per heavy atom. The lowest BCUT2D eigenvalue weighted by Gasteiger charge is -2.41. The average Bonchev–Trinajstić information content (AvgIpc) is 2.82. The van der Waals surface area contributed by atoms with Crippen molar-refractivity contribution in [3.8, 4) is 5.75 Å². The molecule has 0 amide bonds. The Hall–Kier alpha value is -2.41. The summed E-state index contributed by atoms with van der Waals surface area (Å²) in [4.78, 5) is 4.89. The zero-order chi connectivity index (χ0) is 20.8. The van der Waals surface area contributed by atoms with Gasteiger partial charge in [0.1, 0.15) is 5.75 Å². The lowest BCUT2D eigenvalue weighted by atomic mass is 9.94. The Bertz CT molecular complexity index is 919. The van der Waals surface area contributed by atoms with Crippen molar-refractivity contribution in [1.82, 2.24) is 9.80 Å². The standard InChI is InChI=1S/C26H30N2O2.ClH.H2O/c1-30-24-15-9-8-14-23(24)20-27-16-18-28(19-17-27)25(21-10-4-2-5-11-21)26(29)22-12-6-3-7-13-22;;/h2-15,25-26,29H,16-20H2,1H3;1H;1H2. The Balaban J connectivity index is 0.00000181. The minimum absolute atomic E-state index is 0. The van der Waals surface area contributed by atoms with E-state index in [1.807, 2.05) is 48.5 Å². The first-order valence-corrected chi connectivity index (χ1v) is 10.6. The fourth-order valence-electron chi connectivity index (χ4n) is 4.35. The van der Waals surface area contributed by atoms with E-state index in [4.69, 9.17) is 4.74 Å². The SMILES string of the molecule is COc1ccccc1CN1CCN(C(c2ccccc2)C(O)c2ccccc2)CC1.Cl.O. The molecule has 3 aromatic rings. The molecule has 1 aliphatic heterocycles. The molecular weight excluding hydrogens is 424 g/mol. The minimum Gasteiger partial charge on any atom is -0.496 e. The quantitative estimate of drug-likeness (QED) is 0.585. The van der Waals surface area contributed by atoms with Crippen molar-refractivity contribution >= 4 is 12.4 Å². The number of piperazine rings is 1. The van der Waals surface area contributed by atoms with E-state index in [0.717, 1.165) is 49.6 Å². The highest BCUT2D eigenvalue weighted by molar-refractivity contribution is 5.85. The Morgan fingerprint density at radius 1 is 0.781 bits per heavy atom. The van der Waals surface area contributed by atoms with Crippen LogP contribution in [0.2, 0.25) is 0 Å². The number of halogens is 1. The Morgan fingerprint density at radius 2 is 1.31 bits per heavy atom. The molecule has 2 unspecified atom stereocenters. The zero-order valence-electron chi connectivity index (χ0n) is 18.4. The maximum absolute atomic E-state index is 11.3. The second-order valence-corrected chi connectivity index (χ2v) is 7.84. The van der Waals surface area contributed by atoms with Crippen LogP contribution in [-0.4, -0.2) is 53.7 Å². The summed E-state index contributed by atoms with van der Waals surface area (Å²) in [6.45, 7) is 4.64. The molecule has 0 saturated carbocycles. The van der Waals surface area contributed by atoms with Crippen LogP contribution >= 0.6 is 12.4 Å². The monoisotopic (exact) mass is 456 g/mol. The predicted octanol–water partition coefficient (Wildman–Crippen LogP) is 3.88. The largest absolute Gasteiger partial charge is 0.496 e. The number of para-hydroxylation sites is 1. The van der Waals surface area contributed by atoms with E-state index < -0.39 is 6.10 Å². The highest BCUT2D eigenvalue weighted by Gasteiger charge is 2.31. The second-order valence-electron chi connectivity index (χ2n) is 7.84. The fraction of sp³-hybridized carbons (Fsp3) is 0.308. The van der Waals surface area contributed by atoms with Crippen molar-refractivity contribution in [2.45, 2.75) is 18.7 Å². The molecule has 6 heteroatoms. The molecule has 0 spiro atoms. The van der Waals surface area contributed by atoms with Crippen LogP contribution < -0.4 is 4.74 Å². The van der Waals surface area contributed by atoms with E-state index in [0.29, 0.717) is 0 Å². The van der Waals surface area contributed by atoms with Crippen LogP contribution in [0, 0.1) is 0 Å². The van der Waals surface area contributed by atoms with Gasteiger partial charge in [-0.25, -0.2) is 0 Å². The van der Waals surface area contributed by atoms with E-state index in [1.54, 1.807) is 7.11 Å².